The molecule has 0 aliphatic rings. The average Bonchev–Trinajstić information content (AvgIpc) is 2.97. The molecule has 0 spiro atoms. The zero-order valence-corrected chi connectivity index (χ0v) is 17.1. The van der Waals surface area contributed by atoms with Crippen LogP contribution in [0.25, 0.3) is 21.0 Å². The van der Waals surface area contributed by atoms with Gasteiger partial charge in [-0.05, 0) is 37.4 Å². The molecular formula is C21H21NO3S2. The molecular weight excluding hydrogens is 378 g/mol. The number of aromatic nitrogens is 1. The Morgan fingerprint density at radius 2 is 1.63 bits per heavy atom. The van der Waals surface area contributed by atoms with E-state index in [1.807, 2.05) is 6.92 Å². The molecule has 0 aliphatic heterocycles. The molecule has 1 unspecified atom stereocenters. The summed E-state index contributed by atoms with van der Waals surface area (Å²) in [6.07, 6.45) is 0. The van der Waals surface area contributed by atoms with E-state index in [0.29, 0.717) is 0 Å². The number of fused-ring (bicyclic) bond motifs is 3. The summed E-state index contributed by atoms with van der Waals surface area (Å²) in [5.41, 5.74) is 2.14. The van der Waals surface area contributed by atoms with E-state index in [2.05, 4.69) is 50.2 Å². The monoisotopic (exact) mass is 399 g/mol. The molecule has 0 amide bonds. The predicted molar refractivity (Wildman–Crippen MR) is 111 cm³/mol. The normalized spacial score (nSPS) is 12.1. The van der Waals surface area contributed by atoms with E-state index in [-0.39, 0.29) is 15.4 Å². The lowest BCUT2D eigenvalue weighted by atomic mass is 10.1. The van der Waals surface area contributed by atoms with Crippen LogP contribution in [0, 0.1) is 13.8 Å². The molecule has 1 heterocycles. The minimum Gasteiger partial charge on any atom is -0.744 e. The second-order valence-electron chi connectivity index (χ2n) is 6.21. The van der Waals surface area contributed by atoms with Gasteiger partial charge in [-0.3, -0.25) is 0 Å². The minimum absolute atomic E-state index is 0.178. The molecule has 0 saturated heterocycles. The first-order chi connectivity index (χ1) is 12.8. The summed E-state index contributed by atoms with van der Waals surface area (Å²) in [5, 5.41) is 3.87. The zero-order chi connectivity index (χ0) is 19.6. The summed E-state index contributed by atoms with van der Waals surface area (Å²) < 4.78 is 32.6. The summed E-state index contributed by atoms with van der Waals surface area (Å²) in [4.78, 5) is 4.58. The van der Waals surface area contributed by atoms with Gasteiger partial charge in [0, 0.05) is 28.8 Å². The van der Waals surface area contributed by atoms with Crippen LogP contribution in [0.1, 0.15) is 17.5 Å². The van der Waals surface area contributed by atoms with Gasteiger partial charge in [-0.1, -0.05) is 42.0 Å². The Hall–Kier alpha value is -2.28. The Labute approximate surface area is 162 Å². The molecule has 4 nitrogen and oxygen atoms in total. The lowest BCUT2D eigenvalue weighted by molar-refractivity contribution is 0.463. The van der Waals surface area contributed by atoms with E-state index in [9.17, 15) is 13.0 Å². The van der Waals surface area contributed by atoms with Gasteiger partial charge in [0.15, 0.2) is 0 Å². The Balaban J connectivity index is 0.000000168. The molecule has 6 heteroatoms. The number of benzene rings is 3. The Kier molecular flexibility index (Phi) is 5.60. The van der Waals surface area contributed by atoms with Crippen molar-refractivity contribution in [1.29, 1.82) is 0 Å². The molecule has 1 atom stereocenters. The van der Waals surface area contributed by atoms with Crippen LogP contribution in [0.2, 0.25) is 0 Å². The highest BCUT2D eigenvalue weighted by Crippen LogP contribution is 2.37. The number of thiazole rings is 1. The number of hydrogen-bond acceptors (Lipinski definition) is 4. The van der Waals surface area contributed by atoms with Crippen LogP contribution in [-0.4, -0.2) is 18.0 Å². The van der Waals surface area contributed by atoms with Gasteiger partial charge in [-0.15, -0.1) is 0 Å². The summed E-state index contributed by atoms with van der Waals surface area (Å²) in [7, 11) is -4.03. The van der Waals surface area contributed by atoms with E-state index in [1.165, 1.54) is 43.9 Å². The summed E-state index contributed by atoms with van der Waals surface area (Å²) >= 11 is 0. The van der Waals surface area contributed by atoms with Crippen molar-refractivity contribution in [2.24, 2.45) is 0 Å². The van der Waals surface area contributed by atoms with Crippen LogP contribution in [0.3, 0.4) is 0 Å². The molecule has 0 bridgehead atoms. The highest BCUT2D eigenvalue weighted by molar-refractivity contribution is 7.85. The number of hydrogen-bond donors (Lipinski definition) is 0. The minimum atomic E-state index is -4.27. The van der Waals surface area contributed by atoms with Crippen molar-refractivity contribution in [3.63, 3.8) is 0 Å². The Morgan fingerprint density at radius 1 is 0.963 bits per heavy atom. The molecule has 140 valence electrons. The average molecular weight is 400 g/mol. The van der Waals surface area contributed by atoms with Crippen LogP contribution < -0.4 is 0 Å². The van der Waals surface area contributed by atoms with E-state index in [0.717, 1.165) is 5.56 Å². The third-order valence-electron chi connectivity index (χ3n) is 4.35. The van der Waals surface area contributed by atoms with Crippen molar-refractivity contribution in [1.82, 2.24) is 4.98 Å². The van der Waals surface area contributed by atoms with Crippen molar-refractivity contribution >= 4 is 41.6 Å². The highest BCUT2D eigenvalue weighted by atomic mass is 32.2. The number of rotatable bonds is 2. The number of nitrogens with zero attached hydrogens (tertiary/aromatic N) is 1. The standard InChI is InChI=1S/C14H14NS.C7H8O3S/c1-3-16-10(2)15-14-12-7-5-4-6-11(12)8-9-13(14)16;1-6-2-4-7(5-3-6)11(8,9)10/h4-9H,3H2,1-2H3;2-5H,1H3,(H,8,9,10)/q+1;/p-1. The lowest BCUT2D eigenvalue weighted by Crippen LogP contribution is -1.97. The van der Waals surface area contributed by atoms with Gasteiger partial charge in [-0.2, -0.15) is 4.98 Å². The Morgan fingerprint density at radius 3 is 2.26 bits per heavy atom. The van der Waals surface area contributed by atoms with E-state index >= 15 is 0 Å². The van der Waals surface area contributed by atoms with E-state index < -0.39 is 10.1 Å². The van der Waals surface area contributed by atoms with Gasteiger partial charge < -0.3 is 4.55 Å². The number of aryl methyl sites for hydroxylation is 3. The first kappa shape index (κ1) is 19.5. The molecule has 0 saturated carbocycles. The van der Waals surface area contributed by atoms with Crippen LogP contribution in [0.5, 0.6) is 0 Å². The van der Waals surface area contributed by atoms with Crippen LogP contribution >= 0.6 is 10.5 Å². The van der Waals surface area contributed by atoms with Crippen LogP contribution in [-0.2, 0) is 15.9 Å². The molecule has 27 heavy (non-hydrogen) atoms. The third kappa shape index (κ3) is 4.18. The van der Waals surface area contributed by atoms with Gasteiger partial charge in [-0.25, -0.2) is 8.42 Å². The second kappa shape index (κ2) is 7.76. The highest BCUT2D eigenvalue weighted by Gasteiger charge is 2.18. The van der Waals surface area contributed by atoms with Crippen LogP contribution in [0.4, 0.5) is 0 Å². The van der Waals surface area contributed by atoms with Crippen LogP contribution in [0.15, 0.2) is 65.6 Å². The molecule has 1 aromatic heterocycles. The first-order valence-electron chi connectivity index (χ1n) is 8.61. The Bertz CT molecular complexity index is 1190. The van der Waals surface area contributed by atoms with E-state index in [4.69, 9.17) is 4.98 Å². The van der Waals surface area contributed by atoms with Crippen molar-refractivity contribution in [2.45, 2.75) is 31.4 Å². The summed E-state index contributed by atoms with van der Waals surface area (Å²) in [6.45, 7) is 6.22. The third-order valence-corrected chi connectivity index (χ3v) is 7.44. The predicted octanol–water partition coefficient (Wildman–Crippen LogP) is 5.36. The summed E-state index contributed by atoms with van der Waals surface area (Å²) in [6, 6.07) is 18.8. The zero-order valence-electron chi connectivity index (χ0n) is 15.5. The molecule has 0 aliphatic carbocycles. The first-order valence-corrected chi connectivity index (χ1v) is 11.4. The van der Waals surface area contributed by atoms with Gasteiger partial charge in [0.05, 0.1) is 4.90 Å². The van der Waals surface area contributed by atoms with Crippen molar-refractivity contribution < 1.29 is 13.0 Å². The smallest absolute Gasteiger partial charge is 0.240 e. The molecule has 4 rings (SSSR count). The van der Waals surface area contributed by atoms with Crippen molar-refractivity contribution in [2.75, 3.05) is 0 Å². The van der Waals surface area contributed by atoms with Gasteiger partial charge in [0.25, 0.3) is 0 Å². The largest absolute Gasteiger partial charge is 0.744 e. The fourth-order valence-corrected chi connectivity index (χ4v) is 5.33. The topological polar surface area (TPSA) is 70.1 Å². The van der Waals surface area contributed by atoms with Gasteiger partial charge in [0.2, 0.25) is 9.71 Å². The SMILES string of the molecule is CC[s+]1c(C)nc2c3ccccc3ccc21.Cc1ccc(S(=O)(=O)[O-])cc1. The fraction of sp³-hybridized carbons (Fsp3) is 0.190. The molecule has 0 fully saturated rings. The van der Waals surface area contributed by atoms with E-state index in [1.54, 1.807) is 12.1 Å². The molecule has 0 radical (unpaired) electrons. The molecule has 0 N–H and O–H groups in total. The lowest BCUT2D eigenvalue weighted by Gasteiger charge is -2.05. The summed E-state index contributed by atoms with van der Waals surface area (Å²) in [5.74, 6) is 1.17. The van der Waals surface area contributed by atoms with Gasteiger partial charge in [0.1, 0.15) is 21.4 Å². The maximum atomic E-state index is 10.4. The molecule has 4 aromatic rings. The fourth-order valence-electron chi connectivity index (χ4n) is 2.99. The maximum Gasteiger partial charge on any atom is 0.240 e. The van der Waals surface area contributed by atoms with Crippen molar-refractivity contribution in [3.05, 3.63) is 71.2 Å². The quantitative estimate of drug-likeness (QED) is 0.336. The second-order valence-corrected chi connectivity index (χ2v) is 9.98. The maximum absolute atomic E-state index is 10.4. The molecule has 3 aromatic carbocycles. The van der Waals surface area contributed by atoms with Crippen molar-refractivity contribution in [3.8, 4) is 0 Å². The van der Waals surface area contributed by atoms with Gasteiger partial charge >= 0.3 is 0 Å².